The molecule has 1 heterocycles. The second kappa shape index (κ2) is 6.15. The molecular weight excluding hydrogens is 232 g/mol. The summed E-state index contributed by atoms with van der Waals surface area (Å²) in [6.07, 6.45) is 7.31. The van der Waals surface area contributed by atoms with E-state index in [1.165, 1.54) is 25.7 Å². The fourth-order valence-corrected chi connectivity index (χ4v) is 3.00. The maximum Gasteiger partial charge on any atom is 0.214 e. The molecule has 1 aliphatic carbocycles. The van der Waals surface area contributed by atoms with Crippen molar-refractivity contribution in [1.82, 2.24) is 4.98 Å². The number of pyridine rings is 1. The normalized spacial score (nSPS) is 24.4. The summed E-state index contributed by atoms with van der Waals surface area (Å²) in [6, 6.07) is 6.42. The predicted molar refractivity (Wildman–Crippen MR) is 74.0 cm³/mol. The van der Waals surface area contributed by atoms with Gasteiger partial charge in [0.2, 0.25) is 5.88 Å². The van der Waals surface area contributed by atoms with Gasteiger partial charge in [0.15, 0.2) is 0 Å². The van der Waals surface area contributed by atoms with Crippen LogP contribution in [0.2, 0.25) is 0 Å². The average Bonchev–Trinajstić information content (AvgIpc) is 2.40. The predicted octanol–water partition coefficient (Wildman–Crippen LogP) is 3.18. The summed E-state index contributed by atoms with van der Waals surface area (Å²) in [6.45, 7) is 0. The molecule has 0 atom stereocenters. The molecule has 0 unspecified atom stereocenters. The number of nitrogens with zero attached hydrogens (tertiary/aromatic N) is 1. The van der Waals surface area contributed by atoms with Gasteiger partial charge in [-0.05, 0) is 38.0 Å². The molecule has 1 aromatic heterocycles. The lowest BCUT2D eigenvalue weighted by Crippen LogP contribution is -2.27. The molecule has 4 heteroatoms. The highest BCUT2D eigenvalue weighted by molar-refractivity contribution is 7.99. The number of thioether (sulfide) groups is 1. The van der Waals surface area contributed by atoms with Crippen LogP contribution >= 0.6 is 11.8 Å². The zero-order valence-corrected chi connectivity index (χ0v) is 11.3. The number of nitrogens with one attached hydrogen (secondary N) is 1. The van der Waals surface area contributed by atoms with Crippen LogP contribution in [0.4, 0.5) is 5.82 Å². The lowest BCUT2D eigenvalue weighted by atomic mass is 9.95. The van der Waals surface area contributed by atoms with Crippen molar-refractivity contribution in [2.75, 3.05) is 18.7 Å². The second-order valence-corrected chi connectivity index (χ2v) is 5.56. The molecule has 0 aromatic carbocycles. The first-order valence-electron chi connectivity index (χ1n) is 6.12. The third kappa shape index (κ3) is 3.53. The fourth-order valence-electron chi connectivity index (χ4n) is 2.26. The summed E-state index contributed by atoms with van der Waals surface area (Å²) in [4.78, 5) is 4.39. The van der Waals surface area contributed by atoms with Crippen molar-refractivity contribution >= 4 is 17.6 Å². The highest BCUT2D eigenvalue weighted by Crippen LogP contribution is 2.28. The Morgan fingerprint density at radius 1 is 1.29 bits per heavy atom. The molecule has 3 nitrogen and oxygen atoms in total. The number of hydrogen-bond acceptors (Lipinski definition) is 4. The standard InChI is InChI=1S/C13H20N2OS/c1-16-13-5-3-4-12(15-13)14-10-6-8-11(17-2)9-7-10/h3-5,10-11H,6-9H2,1-2H3,(H,14,15). The van der Waals surface area contributed by atoms with Gasteiger partial charge in [-0.25, -0.2) is 0 Å². The molecule has 1 saturated carbocycles. The molecule has 1 N–H and O–H groups in total. The molecule has 17 heavy (non-hydrogen) atoms. The summed E-state index contributed by atoms with van der Waals surface area (Å²) in [5, 5.41) is 4.35. The number of aromatic nitrogens is 1. The molecule has 1 aliphatic rings. The van der Waals surface area contributed by atoms with Crippen molar-refractivity contribution in [3.63, 3.8) is 0 Å². The van der Waals surface area contributed by atoms with Crippen LogP contribution in [0.5, 0.6) is 5.88 Å². The minimum absolute atomic E-state index is 0.568. The van der Waals surface area contributed by atoms with Crippen LogP contribution in [0.3, 0.4) is 0 Å². The van der Waals surface area contributed by atoms with Crippen molar-refractivity contribution in [3.05, 3.63) is 18.2 Å². The average molecular weight is 252 g/mol. The number of hydrogen-bond donors (Lipinski definition) is 1. The van der Waals surface area contributed by atoms with E-state index in [2.05, 4.69) is 16.6 Å². The molecule has 0 amide bonds. The second-order valence-electron chi connectivity index (χ2n) is 4.42. The van der Waals surface area contributed by atoms with Crippen LogP contribution in [0, 0.1) is 0 Å². The Hall–Kier alpha value is -0.900. The monoisotopic (exact) mass is 252 g/mol. The zero-order chi connectivity index (χ0) is 12.1. The molecule has 0 radical (unpaired) electrons. The van der Waals surface area contributed by atoms with Gasteiger partial charge in [0.25, 0.3) is 0 Å². The van der Waals surface area contributed by atoms with Crippen molar-refractivity contribution in [1.29, 1.82) is 0 Å². The first-order chi connectivity index (χ1) is 8.31. The maximum atomic E-state index is 5.12. The summed E-state index contributed by atoms with van der Waals surface area (Å²) >= 11 is 2.00. The van der Waals surface area contributed by atoms with Crippen LogP contribution in [-0.2, 0) is 0 Å². The summed E-state index contributed by atoms with van der Waals surface area (Å²) in [5.41, 5.74) is 0. The Morgan fingerprint density at radius 2 is 2.06 bits per heavy atom. The molecule has 1 fully saturated rings. The van der Waals surface area contributed by atoms with Crippen molar-refractivity contribution in [3.8, 4) is 5.88 Å². The van der Waals surface area contributed by atoms with Gasteiger partial charge in [-0.15, -0.1) is 0 Å². The molecule has 0 saturated heterocycles. The minimum atomic E-state index is 0.568. The van der Waals surface area contributed by atoms with E-state index in [1.807, 2.05) is 30.0 Å². The molecule has 2 rings (SSSR count). The highest BCUT2D eigenvalue weighted by Gasteiger charge is 2.20. The van der Waals surface area contributed by atoms with Gasteiger partial charge in [0.1, 0.15) is 5.82 Å². The fraction of sp³-hybridized carbons (Fsp3) is 0.615. The van der Waals surface area contributed by atoms with E-state index < -0.39 is 0 Å². The van der Waals surface area contributed by atoms with Crippen LogP contribution in [0.1, 0.15) is 25.7 Å². The van der Waals surface area contributed by atoms with Gasteiger partial charge in [0, 0.05) is 17.4 Å². The number of rotatable bonds is 4. The molecular formula is C13H20N2OS. The van der Waals surface area contributed by atoms with Crippen LogP contribution in [0.25, 0.3) is 0 Å². The molecule has 0 spiro atoms. The quantitative estimate of drug-likeness (QED) is 0.892. The lowest BCUT2D eigenvalue weighted by Gasteiger charge is -2.28. The Bertz CT molecular complexity index is 351. The smallest absolute Gasteiger partial charge is 0.214 e. The summed E-state index contributed by atoms with van der Waals surface area (Å²) in [7, 11) is 1.65. The van der Waals surface area contributed by atoms with Gasteiger partial charge in [-0.2, -0.15) is 16.7 Å². The van der Waals surface area contributed by atoms with E-state index in [9.17, 15) is 0 Å². The number of anilines is 1. The summed E-state index contributed by atoms with van der Waals surface area (Å²) in [5.74, 6) is 1.60. The Kier molecular flexibility index (Phi) is 4.54. The maximum absolute atomic E-state index is 5.12. The lowest BCUT2D eigenvalue weighted by molar-refractivity contribution is 0.398. The Balaban J connectivity index is 1.88. The largest absolute Gasteiger partial charge is 0.481 e. The Morgan fingerprint density at radius 3 is 2.71 bits per heavy atom. The van der Waals surface area contributed by atoms with Crippen LogP contribution in [-0.4, -0.2) is 29.6 Å². The third-order valence-electron chi connectivity index (χ3n) is 3.29. The zero-order valence-electron chi connectivity index (χ0n) is 10.5. The van der Waals surface area contributed by atoms with Crippen LogP contribution < -0.4 is 10.1 Å². The van der Waals surface area contributed by atoms with Gasteiger partial charge in [0.05, 0.1) is 7.11 Å². The summed E-state index contributed by atoms with van der Waals surface area (Å²) < 4.78 is 5.12. The van der Waals surface area contributed by atoms with Gasteiger partial charge in [-0.3, -0.25) is 0 Å². The third-order valence-corrected chi connectivity index (χ3v) is 4.43. The number of ether oxygens (including phenoxy) is 1. The topological polar surface area (TPSA) is 34.1 Å². The SMILES string of the molecule is COc1cccc(NC2CCC(SC)CC2)n1. The van der Waals surface area contributed by atoms with Crippen molar-refractivity contribution in [2.24, 2.45) is 0 Å². The van der Waals surface area contributed by atoms with E-state index in [0.717, 1.165) is 11.1 Å². The minimum Gasteiger partial charge on any atom is -0.481 e. The number of methoxy groups -OCH3 is 1. The van der Waals surface area contributed by atoms with Gasteiger partial charge in [-0.1, -0.05) is 6.07 Å². The van der Waals surface area contributed by atoms with E-state index in [4.69, 9.17) is 4.74 Å². The molecule has 0 bridgehead atoms. The molecule has 0 aliphatic heterocycles. The molecule has 1 aromatic rings. The van der Waals surface area contributed by atoms with E-state index >= 15 is 0 Å². The molecule has 94 valence electrons. The van der Waals surface area contributed by atoms with Crippen LogP contribution in [0.15, 0.2) is 18.2 Å². The van der Waals surface area contributed by atoms with Gasteiger partial charge < -0.3 is 10.1 Å². The van der Waals surface area contributed by atoms with Crippen molar-refractivity contribution < 1.29 is 4.74 Å². The Labute approximate surface area is 107 Å². The first-order valence-corrected chi connectivity index (χ1v) is 7.41. The van der Waals surface area contributed by atoms with E-state index in [1.54, 1.807) is 7.11 Å². The van der Waals surface area contributed by atoms with Gasteiger partial charge >= 0.3 is 0 Å². The first kappa shape index (κ1) is 12.6. The van der Waals surface area contributed by atoms with E-state index in [0.29, 0.717) is 11.9 Å². The van der Waals surface area contributed by atoms with Crippen molar-refractivity contribution in [2.45, 2.75) is 37.0 Å². The highest BCUT2D eigenvalue weighted by atomic mass is 32.2. The van der Waals surface area contributed by atoms with E-state index in [-0.39, 0.29) is 0 Å².